The summed E-state index contributed by atoms with van der Waals surface area (Å²) < 4.78 is 11.1. The van der Waals surface area contributed by atoms with Crippen LogP contribution >= 0.6 is 11.3 Å². The highest BCUT2D eigenvalue weighted by Gasteiger charge is 2.14. The monoisotopic (exact) mass is 318 g/mol. The van der Waals surface area contributed by atoms with Crippen LogP contribution in [0.2, 0.25) is 0 Å². The van der Waals surface area contributed by atoms with Gasteiger partial charge in [-0.1, -0.05) is 0 Å². The lowest BCUT2D eigenvalue weighted by atomic mass is 10.1. The van der Waals surface area contributed by atoms with Crippen LogP contribution < -0.4 is 20.5 Å². The van der Waals surface area contributed by atoms with Crippen molar-refractivity contribution in [3.05, 3.63) is 35.2 Å². The van der Waals surface area contributed by atoms with Gasteiger partial charge in [0, 0.05) is 11.4 Å². The number of carbonyl (C=O) groups is 1. The molecule has 6 heteroatoms. The molecule has 1 aromatic heterocycles. The Balaban J connectivity index is 1.74. The van der Waals surface area contributed by atoms with Crippen molar-refractivity contribution >= 4 is 17.2 Å². The minimum Gasteiger partial charge on any atom is -0.486 e. The molecule has 2 heterocycles. The van der Waals surface area contributed by atoms with Crippen LogP contribution in [0.4, 0.5) is 0 Å². The molecule has 0 radical (unpaired) electrons. The summed E-state index contributed by atoms with van der Waals surface area (Å²) in [4.78, 5) is 13.7. The fourth-order valence-electron chi connectivity index (χ4n) is 2.20. The van der Waals surface area contributed by atoms with E-state index in [1.807, 2.05) is 30.3 Å². The van der Waals surface area contributed by atoms with Gasteiger partial charge in [-0.15, -0.1) is 11.3 Å². The second-order valence-corrected chi connectivity index (χ2v) is 6.00. The number of hydrogen-bond acceptors (Lipinski definition) is 5. The van der Waals surface area contributed by atoms with Gasteiger partial charge in [0.25, 0.3) is 5.91 Å². The maximum atomic E-state index is 12.0. The standard InChI is InChI=1S/C16H18N2O3S/c17-6-1-7-18-16(19)15-5-4-14(22-15)11-2-3-12-13(10-11)21-9-8-20-12/h2-5,10H,1,6-9,17H2,(H,18,19). The Labute approximate surface area is 133 Å². The molecule has 0 fully saturated rings. The molecule has 0 bridgehead atoms. The van der Waals surface area contributed by atoms with Gasteiger partial charge in [-0.3, -0.25) is 4.79 Å². The summed E-state index contributed by atoms with van der Waals surface area (Å²) in [5.74, 6) is 1.47. The average Bonchev–Trinajstić information content (AvgIpc) is 3.04. The first-order chi connectivity index (χ1) is 10.8. The first kappa shape index (κ1) is 14.9. The van der Waals surface area contributed by atoms with Crippen molar-refractivity contribution in [3.8, 4) is 21.9 Å². The number of nitrogens with two attached hydrogens (primary N) is 1. The fraction of sp³-hybridized carbons (Fsp3) is 0.312. The van der Waals surface area contributed by atoms with Crippen LogP contribution in [-0.4, -0.2) is 32.2 Å². The summed E-state index contributed by atoms with van der Waals surface area (Å²) >= 11 is 1.46. The SMILES string of the molecule is NCCCNC(=O)c1ccc(-c2ccc3c(c2)OCCO3)s1. The lowest BCUT2D eigenvalue weighted by Gasteiger charge is -2.18. The Kier molecular flexibility index (Phi) is 4.60. The molecule has 22 heavy (non-hydrogen) atoms. The summed E-state index contributed by atoms with van der Waals surface area (Å²) in [5.41, 5.74) is 6.44. The number of fused-ring (bicyclic) bond motifs is 1. The molecule has 0 aliphatic carbocycles. The second kappa shape index (κ2) is 6.81. The largest absolute Gasteiger partial charge is 0.486 e. The molecule has 1 aromatic carbocycles. The number of benzene rings is 1. The van der Waals surface area contributed by atoms with Crippen LogP contribution in [0.3, 0.4) is 0 Å². The highest BCUT2D eigenvalue weighted by Crippen LogP contribution is 2.36. The molecule has 0 saturated carbocycles. The number of carbonyl (C=O) groups excluding carboxylic acids is 1. The van der Waals surface area contributed by atoms with E-state index in [0.29, 0.717) is 31.2 Å². The molecule has 0 spiro atoms. The van der Waals surface area contributed by atoms with E-state index in [0.717, 1.165) is 28.4 Å². The van der Waals surface area contributed by atoms with Gasteiger partial charge in [0.1, 0.15) is 13.2 Å². The predicted molar refractivity (Wildman–Crippen MR) is 86.7 cm³/mol. The van der Waals surface area contributed by atoms with Crippen molar-refractivity contribution < 1.29 is 14.3 Å². The zero-order chi connectivity index (χ0) is 15.4. The summed E-state index contributed by atoms with van der Waals surface area (Å²) in [6, 6.07) is 9.64. The maximum absolute atomic E-state index is 12.0. The van der Waals surface area contributed by atoms with E-state index < -0.39 is 0 Å². The zero-order valence-corrected chi connectivity index (χ0v) is 12.9. The molecular weight excluding hydrogens is 300 g/mol. The first-order valence-electron chi connectivity index (χ1n) is 7.26. The van der Waals surface area contributed by atoms with E-state index in [-0.39, 0.29) is 5.91 Å². The maximum Gasteiger partial charge on any atom is 0.261 e. The molecule has 0 saturated heterocycles. The van der Waals surface area contributed by atoms with E-state index in [1.54, 1.807) is 0 Å². The minimum absolute atomic E-state index is 0.0535. The van der Waals surface area contributed by atoms with Gasteiger partial charge < -0.3 is 20.5 Å². The highest BCUT2D eigenvalue weighted by atomic mass is 32.1. The van der Waals surface area contributed by atoms with Crippen molar-refractivity contribution in [2.45, 2.75) is 6.42 Å². The fourth-order valence-corrected chi connectivity index (χ4v) is 3.12. The zero-order valence-electron chi connectivity index (χ0n) is 12.1. The number of amides is 1. The van der Waals surface area contributed by atoms with Crippen LogP contribution in [-0.2, 0) is 0 Å². The van der Waals surface area contributed by atoms with Crippen molar-refractivity contribution in [1.29, 1.82) is 0 Å². The second-order valence-electron chi connectivity index (χ2n) is 4.92. The van der Waals surface area contributed by atoms with Gasteiger partial charge in [-0.05, 0) is 48.9 Å². The van der Waals surface area contributed by atoms with Crippen LogP contribution in [0.1, 0.15) is 16.1 Å². The molecule has 3 rings (SSSR count). The molecule has 0 unspecified atom stereocenters. The average molecular weight is 318 g/mol. The number of ether oxygens (including phenoxy) is 2. The molecular formula is C16H18N2O3S. The third kappa shape index (κ3) is 3.23. The number of rotatable bonds is 5. The van der Waals surface area contributed by atoms with E-state index in [2.05, 4.69) is 5.32 Å². The van der Waals surface area contributed by atoms with Crippen molar-refractivity contribution in [3.63, 3.8) is 0 Å². The molecule has 116 valence electrons. The summed E-state index contributed by atoms with van der Waals surface area (Å²) in [5, 5.41) is 2.86. The Hall–Kier alpha value is -2.05. The van der Waals surface area contributed by atoms with Gasteiger partial charge in [0.15, 0.2) is 11.5 Å². The van der Waals surface area contributed by atoms with Gasteiger partial charge in [-0.2, -0.15) is 0 Å². The van der Waals surface area contributed by atoms with Crippen LogP contribution in [0.15, 0.2) is 30.3 Å². The summed E-state index contributed by atoms with van der Waals surface area (Å²) in [7, 11) is 0. The van der Waals surface area contributed by atoms with Crippen LogP contribution in [0.25, 0.3) is 10.4 Å². The highest BCUT2D eigenvalue weighted by molar-refractivity contribution is 7.17. The van der Waals surface area contributed by atoms with Crippen molar-refractivity contribution in [2.24, 2.45) is 5.73 Å². The smallest absolute Gasteiger partial charge is 0.261 e. The lowest BCUT2D eigenvalue weighted by Crippen LogP contribution is -2.25. The van der Waals surface area contributed by atoms with Crippen LogP contribution in [0, 0.1) is 0 Å². The Morgan fingerprint density at radius 3 is 2.82 bits per heavy atom. The van der Waals surface area contributed by atoms with Crippen molar-refractivity contribution in [1.82, 2.24) is 5.32 Å². The topological polar surface area (TPSA) is 73.6 Å². The van der Waals surface area contributed by atoms with E-state index >= 15 is 0 Å². The lowest BCUT2D eigenvalue weighted by molar-refractivity contribution is 0.0957. The van der Waals surface area contributed by atoms with Gasteiger partial charge in [0.2, 0.25) is 0 Å². The number of hydrogen-bond donors (Lipinski definition) is 2. The number of thiophene rings is 1. The third-order valence-corrected chi connectivity index (χ3v) is 4.46. The Morgan fingerprint density at radius 2 is 2.00 bits per heavy atom. The van der Waals surface area contributed by atoms with Gasteiger partial charge >= 0.3 is 0 Å². The number of nitrogens with one attached hydrogen (secondary N) is 1. The molecule has 5 nitrogen and oxygen atoms in total. The summed E-state index contributed by atoms with van der Waals surface area (Å²) in [6.07, 6.45) is 0.784. The van der Waals surface area contributed by atoms with Gasteiger partial charge in [0.05, 0.1) is 4.88 Å². The Morgan fingerprint density at radius 1 is 1.18 bits per heavy atom. The van der Waals surface area contributed by atoms with Gasteiger partial charge in [-0.25, -0.2) is 0 Å². The predicted octanol–water partition coefficient (Wildman–Crippen LogP) is 2.26. The third-order valence-electron chi connectivity index (χ3n) is 3.32. The van der Waals surface area contributed by atoms with E-state index in [4.69, 9.17) is 15.2 Å². The molecule has 1 aliphatic heterocycles. The normalized spacial score (nSPS) is 13.0. The minimum atomic E-state index is -0.0535. The molecule has 1 aliphatic rings. The molecule has 3 N–H and O–H groups in total. The van der Waals surface area contributed by atoms with E-state index in [9.17, 15) is 4.79 Å². The summed E-state index contributed by atoms with van der Waals surface area (Å²) in [6.45, 7) is 2.33. The first-order valence-corrected chi connectivity index (χ1v) is 8.07. The molecule has 1 amide bonds. The quantitative estimate of drug-likeness (QED) is 0.830. The van der Waals surface area contributed by atoms with Crippen LogP contribution in [0.5, 0.6) is 11.5 Å². The molecule has 2 aromatic rings. The van der Waals surface area contributed by atoms with E-state index in [1.165, 1.54) is 11.3 Å². The molecule has 0 atom stereocenters. The van der Waals surface area contributed by atoms with Crippen molar-refractivity contribution in [2.75, 3.05) is 26.3 Å². The Bertz CT molecular complexity index is 669.